The van der Waals surface area contributed by atoms with Crippen molar-refractivity contribution in [2.24, 2.45) is 0 Å². The third-order valence-electron chi connectivity index (χ3n) is 3.01. The van der Waals surface area contributed by atoms with Crippen molar-refractivity contribution in [1.29, 1.82) is 0 Å². The molecule has 0 spiro atoms. The van der Waals surface area contributed by atoms with Crippen molar-refractivity contribution in [2.75, 3.05) is 6.54 Å². The van der Waals surface area contributed by atoms with E-state index in [1.54, 1.807) is 18.3 Å². The fourth-order valence-electron chi connectivity index (χ4n) is 1.92. The summed E-state index contributed by atoms with van der Waals surface area (Å²) in [6, 6.07) is 9.19. The number of rotatable bonds is 7. The van der Waals surface area contributed by atoms with Gasteiger partial charge in [-0.3, -0.25) is 4.79 Å². The van der Waals surface area contributed by atoms with Crippen LogP contribution in [-0.2, 0) is 13.0 Å². The van der Waals surface area contributed by atoms with Crippen LogP contribution in [0.1, 0.15) is 34.7 Å². The van der Waals surface area contributed by atoms with E-state index >= 15 is 0 Å². The SMILES string of the molecule is O=C(NCCCCc1ncc(CO)[nH]1)c1ccccc1. The minimum atomic E-state index is -0.0360. The Labute approximate surface area is 118 Å². The maximum atomic E-state index is 11.8. The lowest BCUT2D eigenvalue weighted by Crippen LogP contribution is -2.24. The Bertz CT molecular complexity index is 537. The fraction of sp³-hybridized carbons (Fsp3) is 0.333. The molecule has 1 aromatic heterocycles. The van der Waals surface area contributed by atoms with Crippen LogP contribution in [0.3, 0.4) is 0 Å². The van der Waals surface area contributed by atoms with Gasteiger partial charge in [0.05, 0.1) is 18.5 Å². The Morgan fingerprint density at radius 2 is 2.05 bits per heavy atom. The number of hydrogen-bond donors (Lipinski definition) is 3. The number of carbonyl (C=O) groups excluding carboxylic acids is 1. The molecule has 1 amide bonds. The highest BCUT2D eigenvalue weighted by atomic mass is 16.3. The number of amides is 1. The molecule has 20 heavy (non-hydrogen) atoms. The lowest BCUT2D eigenvalue weighted by Gasteiger charge is -2.04. The number of imidazole rings is 1. The third kappa shape index (κ3) is 4.20. The smallest absolute Gasteiger partial charge is 0.251 e. The van der Waals surface area contributed by atoms with Gasteiger partial charge < -0.3 is 15.4 Å². The fourth-order valence-corrected chi connectivity index (χ4v) is 1.92. The number of nitrogens with one attached hydrogen (secondary N) is 2. The number of aromatic nitrogens is 2. The Morgan fingerprint density at radius 1 is 1.25 bits per heavy atom. The van der Waals surface area contributed by atoms with Crippen LogP contribution in [0.4, 0.5) is 0 Å². The summed E-state index contributed by atoms with van der Waals surface area (Å²) in [5.41, 5.74) is 1.42. The third-order valence-corrected chi connectivity index (χ3v) is 3.01. The molecule has 0 unspecified atom stereocenters. The molecule has 2 aromatic rings. The van der Waals surface area contributed by atoms with Crippen LogP contribution in [0.2, 0.25) is 0 Å². The lowest BCUT2D eigenvalue weighted by molar-refractivity contribution is 0.0953. The first-order valence-corrected chi connectivity index (χ1v) is 6.76. The number of aliphatic hydroxyl groups excluding tert-OH is 1. The second-order valence-electron chi connectivity index (χ2n) is 4.59. The zero-order chi connectivity index (χ0) is 14.2. The van der Waals surface area contributed by atoms with Crippen LogP contribution in [0.5, 0.6) is 0 Å². The number of nitrogens with zero attached hydrogens (tertiary/aromatic N) is 1. The van der Waals surface area contributed by atoms with E-state index in [4.69, 9.17) is 5.11 Å². The quantitative estimate of drug-likeness (QED) is 0.671. The molecule has 5 nitrogen and oxygen atoms in total. The van der Waals surface area contributed by atoms with Crippen LogP contribution in [0, 0.1) is 0 Å². The second-order valence-corrected chi connectivity index (χ2v) is 4.59. The van der Waals surface area contributed by atoms with Crippen molar-refractivity contribution in [3.63, 3.8) is 0 Å². The topological polar surface area (TPSA) is 78.0 Å². The maximum Gasteiger partial charge on any atom is 0.251 e. The van der Waals surface area contributed by atoms with Gasteiger partial charge in [0.25, 0.3) is 5.91 Å². The molecule has 2 rings (SSSR count). The average molecular weight is 273 g/mol. The van der Waals surface area contributed by atoms with Crippen molar-refractivity contribution in [2.45, 2.75) is 25.9 Å². The van der Waals surface area contributed by atoms with Gasteiger partial charge in [-0.05, 0) is 25.0 Å². The van der Waals surface area contributed by atoms with Crippen molar-refractivity contribution in [3.8, 4) is 0 Å². The van der Waals surface area contributed by atoms with Crippen LogP contribution in [0.25, 0.3) is 0 Å². The Balaban J connectivity index is 1.63. The van der Waals surface area contributed by atoms with E-state index in [0.29, 0.717) is 12.1 Å². The maximum absolute atomic E-state index is 11.8. The van der Waals surface area contributed by atoms with Crippen molar-refractivity contribution < 1.29 is 9.90 Å². The zero-order valence-electron chi connectivity index (χ0n) is 11.3. The van der Waals surface area contributed by atoms with E-state index in [0.717, 1.165) is 30.8 Å². The molecule has 0 saturated heterocycles. The molecule has 0 saturated carbocycles. The highest BCUT2D eigenvalue weighted by molar-refractivity contribution is 5.94. The Kier molecular flexibility index (Phi) is 5.32. The minimum Gasteiger partial charge on any atom is -0.390 e. The highest BCUT2D eigenvalue weighted by Crippen LogP contribution is 2.02. The number of hydrogen-bond acceptors (Lipinski definition) is 3. The van der Waals surface area contributed by atoms with Gasteiger partial charge in [0, 0.05) is 18.5 Å². The number of unbranched alkanes of at least 4 members (excludes halogenated alkanes) is 1. The molecule has 0 aliphatic heterocycles. The van der Waals surface area contributed by atoms with E-state index in [-0.39, 0.29) is 12.5 Å². The second kappa shape index (κ2) is 7.45. The summed E-state index contributed by atoms with van der Waals surface area (Å²) < 4.78 is 0. The van der Waals surface area contributed by atoms with Gasteiger partial charge in [-0.1, -0.05) is 18.2 Å². The number of H-pyrrole nitrogens is 1. The van der Waals surface area contributed by atoms with Crippen molar-refractivity contribution in [1.82, 2.24) is 15.3 Å². The molecule has 0 fully saturated rings. The van der Waals surface area contributed by atoms with Gasteiger partial charge in [0.2, 0.25) is 0 Å². The molecule has 0 bridgehead atoms. The first kappa shape index (κ1) is 14.3. The number of carbonyl (C=O) groups is 1. The first-order valence-electron chi connectivity index (χ1n) is 6.76. The number of aromatic amines is 1. The first-order chi connectivity index (χ1) is 9.79. The van der Waals surface area contributed by atoms with Gasteiger partial charge in [0.1, 0.15) is 5.82 Å². The molecule has 0 radical (unpaired) electrons. The van der Waals surface area contributed by atoms with Crippen LogP contribution >= 0.6 is 0 Å². The van der Waals surface area contributed by atoms with Gasteiger partial charge >= 0.3 is 0 Å². The van der Waals surface area contributed by atoms with Gasteiger partial charge in [-0.25, -0.2) is 4.98 Å². The minimum absolute atomic E-state index is 0.0138. The largest absolute Gasteiger partial charge is 0.390 e. The lowest BCUT2D eigenvalue weighted by atomic mass is 10.2. The predicted molar refractivity (Wildman–Crippen MR) is 76.2 cm³/mol. The molecular weight excluding hydrogens is 254 g/mol. The van der Waals surface area contributed by atoms with Crippen LogP contribution in [-0.4, -0.2) is 27.5 Å². The molecule has 0 aliphatic rings. The van der Waals surface area contributed by atoms with Crippen molar-refractivity contribution >= 4 is 5.91 Å². The summed E-state index contributed by atoms with van der Waals surface area (Å²) in [6.45, 7) is 0.640. The van der Waals surface area contributed by atoms with E-state index in [9.17, 15) is 4.79 Å². The molecule has 1 heterocycles. The van der Waals surface area contributed by atoms with Crippen LogP contribution < -0.4 is 5.32 Å². The Hall–Kier alpha value is -2.14. The normalized spacial score (nSPS) is 10.4. The molecular formula is C15H19N3O2. The average Bonchev–Trinajstić information content (AvgIpc) is 2.95. The molecule has 0 aliphatic carbocycles. The van der Waals surface area contributed by atoms with Gasteiger partial charge in [0.15, 0.2) is 0 Å². The summed E-state index contributed by atoms with van der Waals surface area (Å²) in [5, 5.41) is 11.8. The summed E-state index contributed by atoms with van der Waals surface area (Å²) >= 11 is 0. The Morgan fingerprint density at radius 3 is 2.75 bits per heavy atom. The van der Waals surface area contributed by atoms with Gasteiger partial charge in [-0.15, -0.1) is 0 Å². The van der Waals surface area contributed by atoms with Gasteiger partial charge in [-0.2, -0.15) is 0 Å². The van der Waals surface area contributed by atoms with E-state index in [2.05, 4.69) is 15.3 Å². The van der Waals surface area contributed by atoms with E-state index in [1.165, 1.54) is 0 Å². The number of benzene rings is 1. The summed E-state index contributed by atoms with van der Waals surface area (Å²) in [6.07, 6.45) is 4.30. The predicted octanol–water partition coefficient (Wildman–Crippen LogP) is 1.65. The number of aliphatic hydroxyl groups is 1. The summed E-state index contributed by atoms with van der Waals surface area (Å²) in [7, 11) is 0. The molecule has 1 aromatic carbocycles. The summed E-state index contributed by atoms with van der Waals surface area (Å²) in [5.74, 6) is 0.842. The molecule has 0 atom stereocenters. The van der Waals surface area contributed by atoms with E-state index < -0.39 is 0 Å². The molecule has 3 N–H and O–H groups in total. The molecule has 5 heteroatoms. The summed E-state index contributed by atoms with van der Waals surface area (Å²) in [4.78, 5) is 19.0. The standard InChI is InChI=1S/C15H19N3O2/c19-11-13-10-17-14(18-13)8-4-5-9-16-15(20)12-6-2-1-3-7-12/h1-3,6-7,10,19H,4-5,8-9,11H2,(H,16,20)(H,17,18). The molecule has 106 valence electrons. The zero-order valence-corrected chi connectivity index (χ0v) is 11.3. The van der Waals surface area contributed by atoms with Crippen molar-refractivity contribution in [3.05, 3.63) is 53.6 Å². The van der Waals surface area contributed by atoms with E-state index in [1.807, 2.05) is 18.2 Å². The number of aryl methyl sites for hydroxylation is 1. The monoisotopic (exact) mass is 273 g/mol. The van der Waals surface area contributed by atoms with Crippen LogP contribution in [0.15, 0.2) is 36.5 Å². The highest BCUT2D eigenvalue weighted by Gasteiger charge is 2.03.